The van der Waals surface area contributed by atoms with Crippen molar-refractivity contribution in [3.63, 3.8) is 0 Å². The van der Waals surface area contributed by atoms with E-state index in [2.05, 4.69) is 0 Å². The van der Waals surface area contributed by atoms with E-state index in [9.17, 15) is 0 Å². The standard InChI is InChI=1S/2O.3Sn. The summed E-state index contributed by atoms with van der Waals surface area (Å²) in [4.78, 5) is 0. The Balaban J connectivity index is 2.19. The Kier molecular flexibility index (Phi) is 9.24. The van der Waals surface area contributed by atoms with Crippen LogP contribution in [-0.2, 0) is 2.82 Å². The summed E-state index contributed by atoms with van der Waals surface area (Å²) in [6.07, 6.45) is 0. The predicted molar refractivity (Wildman–Crippen MR) is 19.4 cm³/mol. The topological polar surface area (TPSA) is 18.5 Å². The van der Waals surface area contributed by atoms with Gasteiger partial charge in [-0.2, -0.15) is 0 Å². The van der Waals surface area contributed by atoms with Crippen LogP contribution in [0.25, 0.3) is 0 Å². The van der Waals surface area contributed by atoms with Crippen molar-refractivity contribution in [3.05, 3.63) is 0 Å². The van der Waals surface area contributed by atoms with Crippen molar-refractivity contribution >= 4 is 67.8 Å². The molecule has 0 aromatic carbocycles. The average Bonchev–Trinajstić information content (AvgIpc) is 1.41. The summed E-state index contributed by atoms with van der Waals surface area (Å²) in [5.74, 6) is 0. The molecule has 0 saturated heterocycles. The molecule has 24 valence electrons. The van der Waals surface area contributed by atoms with Gasteiger partial charge in [0.25, 0.3) is 0 Å². The van der Waals surface area contributed by atoms with Gasteiger partial charge in [0.15, 0.2) is 0 Å². The molecule has 0 bridgehead atoms. The minimum atomic E-state index is -0.702. The Bertz CT molecular complexity index is 12.4. The van der Waals surface area contributed by atoms with Gasteiger partial charge in [-0.15, -0.1) is 0 Å². The first-order valence-corrected chi connectivity index (χ1v) is 5.48. The van der Waals surface area contributed by atoms with E-state index in [-0.39, 0.29) is 0 Å². The van der Waals surface area contributed by atoms with Gasteiger partial charge < -0.3 is 0 Å². The van der Waals surface area contributed by atoms with Crippen LogP contribution in [0.1, 0.15) is 0 Å². The van der Waals surface area contributed by atoms with Crippen LogP contribution in [0.15, 0.2) is 0 Å². The molecule has 0 N–H and O–H groups in total. The van der Waals surface area contributed by atoms with Crippen molar-refractivity contribution in [1.82, 2.24) is 0 Å². The van der Waals surface area contributed by atoms with E-state index in [1.807, 2.05) is 0 Å². The van der Waals surface area contributed by atoms with Crippen LogP contribution in [0, 0.1) is 0 Å². The van der Waals surface area contributed by atoms with Crippen LogP contribution in [0.3, 0.4) is 0 Å². The van der Waals surface area contributed by atoms with Gasteiger partial charge in [-0.05, 0) is 0 Å². The first kappa shape index (κ1) is 7.32. The molecule has 0 heterocycles. The molecule has 0 fully saturated rings. The second-order valence-corrected chi connectivity index (χ2v) is 9.74. The number of hydrogen-bond acceptors (Lipinski definition) is 2. The van der Waals surface area contributed by atoms with Gasteiger partial charge in [-0.1, -0.05) is 0 Å². The van der Waals surface area contributed by atoms with Crippen LogP contribution in [-0.4, -0.2) is 67.8 Å². The Labute approximate surface area is 69.6 Å². The fraction of sp³-hybridized carbons (Fsp3) is 0. The second-order valence-electron chi connectivity index (χ2n) is 0.287. The molecule has 0 aliphatic carbocycles. The van der Waals surface area contributed by atoms with Gasteiger partial charge in [0.05, 0.1) is 0 Å². The summed E-state index contributed by atoms with van der Waals surface area (Å²) >= 11 is 1.60. The van der Waals surface area contributed by atoms with E-state index in [1.54, 1.807) is 0 Å². The Morgan fingerprint density at radius 2 is 1.60 bits per heavy atom. The van der Waals surface area contributed by atoms with Gasteiger partial charge in [-0.25, -0.2) is 0 Å². The molecule has 5 heteroatoms. The molecule has 0 atom stereocenters. The maximum absolute atomic E-state index is 4.75. The van der Waals surface area contributed by atoms with Crippen molar-refractivity contribution in [2.24, 2.45) is 0 Å². The second kappa shape index (κ2) is 6.32. The zero-order valence-corrected chi connectivity index (χ0v) is 10.9. The van der Waals surface area contributed by atoms with E-state index in [1.165, 1.54) is 0 Å². The summed E-state index contributed by atoms with van der Waals surface area (Å²) in [5.41, 5.74) is 0. The molecule has 0 unspecified atom stereocenters. The zero-order valence-electron chi connectivity index (χ0n) is 2.32. The third-order valence-electron chi connectivity index (χ3n) is 0.0833. The third kappa shape index (κ3) is 6.32. The Morgan fingerprint density at radius 3 is 1.60 bits per heavy atom. The molecule has 0 aromatic heterocycles. The van der Waals surface area contributed by atoms with Crippen LogP contribution < -0.4 is 0 Å². The van der Waals surface area contributed by atoms with Gasteiger partial charge in [0.1, 0.15) is 0 Å². The first-order valence-electron chi connectivity index (χ1n) is 0.816. The van der Waals surface area contributed by atoms with Crippen molar-refractivity contribution in [1.29, 1.82) is 0 Å². The zero-order chi connectivity index (χ0) is 4.12. The normalized spacial score (nSPS) is 8.40. The third-order valence-corrected chi connectivity index (χ3v) is 3.75. The molecule has 0 aromatic rings. The van der Waals surface area contributed by atoms with Crippen LogP contribution >= 0.6 is 0 Å². The molecule has 0 aliphatic heterocycles. The van der Waals surface area contributed by atoms with E-state index in [4.69, 9.17) is 2.82 Å². The van der Waals surface area contributed by atoms with E-state index >= 15 is 0 Å². The first-order chi connectivity index (χ1) is 2.41. The molecule has 0 saturated carbocycles. The molecule has 5 heavy (non-hydrogen) atoms. The van der Waals surface area contributed by atoms with Gasteiger partial charge in [-0.3, -0.25) is 0 Å². The van der Waals surface area contributed by atoms with E-state index < -0.39 is 22.0 Å². The van der Waals surface area contributed by atoms with E-state index in [0.717, 1.165) is 45.9 Å². The monoisotopic (exact) mass is 392 g/mol. The fourth-order valence-electron chi connectivity index (χ4n) is 0.0208. The molecular formula is O2Sn3. The quantitative estimate of drug-likeness (QED) is 0.549. The van der Waals surface area contributed by atoms with Crippen LogP contribution in [0.2, 0.25) is 0 Å². The molecule has 0 rings (SSSR count). The summed E-state index contributed by atoms with van der Waals surface area (Å²) < 4.78 is 9.50. The molecule has 0 amide bonds. The molecule has 8 radical (unpaired) electrons. The SMILES string of the molecule is [Sn][O][Sn][O][Sn]. The molecule has 0 aliphatic rings. The Morgan fingerprint density at radius 1 is 1.20 bits per heavy atom. The summed E-state index contributed by atoms with van der Waals surface area (Å²) in [6.45, 7) is 0. The van der Waals surface area contributed by atoms with Crippen molar-refractivity contribution in [3.8, 4) is 0 Å². The van der Waals surface area contributed by atoms with Gasteiger partial charge >= 0.3 is 70.7 Å². The predicted octanol–water partition coefficient (Wildman–Crippen LogP) is -1.28. The summed E-state index contributed by atoms with van der Waals surface area (Å²) in [5, 5.41) is 0. The van der Waals surface area contributed by atoms with Crippen LogP contribution in [0.5, 0.6) is 0 Å². The average molecular weight is 388 g/mol. The Hall–Kier alpha value is 2.32. The van der Waals surface area contributed by atoms with Gasteiger partial charge in [0, 0.05) is 0 Å². The van der Waals surface area contributed by atoms with Gasteiger partial charge in [0.2, 0.25) is 0 Å². The van der Waals surface area contributed by atoms with Crippen molar-refractivity contribution in [2.75, 3.05) is 0 Å². The number of hydrogen-bond donors (Lipinski definition) is 0. The van der Waals surface area contributed by atoms with Crippen LogP contribution in [0.4, 0.5) is 0 Å². The molecule has 2 nitrogen and oxygen atoms in total. The van der Waals surface area contributed by atoms with E-state index in [0.29, 0.717) is 0 Å². The summed E-state index contributed by atoms with van der Waals surface area (Å²) in [7, 11) is 0. The fourth-order valence-corrected chi connectivity index (χ4v) is 6.29. The van der Waals surface area contributed by atoms with Crippen molar-refractivity contribution in [2.45, 2.75) is 0 Å². The van der Waals surface area contributed by atoms with Crippen molar-refractivity contribution < 1.29 is 2.82 Å². The summed E-state index contributed by atoms with van der Waals surface area (Å²) in [6, 6.07) is 0. The minimum absolute atomic E-state index is 0.702. The maximum atomic E-state index is 4.75. The number of rotatable bonds is 2. The molecule has 0 spiro atoms. The molecular weight excluding hydrogens is 388 g/mol.